The van der Waals surface area contributed by atoms with Crippen molar-refractivity contribution in [1.82, 2.24) is 15.1 Å². The third-order valence-electron chi connectivity index (χ3n) is 4.66. The van der Waals surface area contributed by atoms with Gasteiger partial charge in [-0.3, -0.25) is 0 Å². The van der Waals surface area contributed by atoms with Crippen molar-refractivity contribution < 1.29 is 14.7 Å². The average Bonchev–Trinajstić information content (AvgIpc) is 2.89. The number of carboxylic acids is 1. The highest BCUT2D eigenvalue weighted by Gasteiger charge is 2.35. The van der Waals surface area contributed by atoms with E-state index in [0.29, 0.717) is 19.5 Å². The molecule has 0 spiro atoms. The number of carboxylic acid groups (broad SMARTS) is 1. The molecule has 0 bridgehead atoms. The second-order valence-electron chi connectivity index (χ2n) is 6.46. The molecule has 0 aromatic rings. The van der Waals surface area contributed by atoms with Crippen LogP contribution < -0.4 is 5.32 Å². The molecule has 0 aromatic heterocycles. The summed E-state index contributed by atoms with van der Waals surface area (Å²) in [5.74, 6) is -0.900. The summed E-state index contributed by atoms with van der Waals surface area (Å²) in [5.41, 5.74) is 0.126. The van der Waals surface area contributed by atoms with Gasteiger partial charge < -0.3 is 20.2 Å². The number of hydrogen-bond acceptors (Lipinski definition) is 3. The molecule has 2 amide bonds. The van der Waals surface area contributed by atoms with Gasteiger partial charge in [-0.2, -0.15) is 0 Å². The lowest BCUT2D eigenvalue weighted by Gasteiger charge is -2.38. The van der Waals surface area contributed by atoms with Crippen molar-refractivity contribution in [3.05, 3.63) is 0 Å². The molecule has 2 heterocycles. The van der Waals surface area contributed by atoms with E-state index in [1.54, 1.807) is 0 Å². The molecule has 0 unspecified atom stereocenters. The third kappa shape index (κ3) is 3.42. The molecule has 1 atom stereocenters. The summed E-state index contributed by atoms with van der Waals surface area (Å²) in [6.07, 6.45) is 3.45. The maximum atomic E-state index is 12.2. The van der Waals surface area contributed by atoms with E-state index in [0.717, 1.165) is 32.4 Å². The summed E-state index contributed by atoms with van der Waals surface area (Å²) in [6.45, 7) is 5.46. The van der Waals surface area contributed by atoms with Gasteiger partial charge in [-0.25, -0.2) is 9.59 Å². The van der Waals surface area contributed by atoms with E-state index in [4.69, 9.17) is 5.11 Å². The van der Waals surface area contributed by atoms with Crippen molar-refractivity contribution in [2.45, 2.75) is 38.6 Å². The molecule has 20 heavy (non-hydrogen) atoms. The standard InChI is InChI=1S/C14H25N3O3/c1-14(5-8-16(2)9-6-14)10-15-13(20)17-7-3-4-11(17)12(18)19/h11H,3-10H2,1-2H3,(H,15,20)(H,18,19)/t11-/m0/s1. The van der Waals surface area contributed by atoms with Gasteiger partial charge in [-0.1, -0.05) is 6.92 Å². The molecule has 0 aliphatic carbocycles. The topological polar surface area (TPSA) is 72.9 Å². The molecule has 2 rings (SSSR count). The number of piperidine rings is 1. The summed E-state index contributed by atoms with van der Waals surface area (Å²) in [6, 6.07) is -0.879. The highest BCUT2D eigenvalue weighted by molar-refractivity contribution is 5.83. The maximum Gasteiger partial charge on any atom is 0.326 e. The van der Waals surface area contributed by atoms with Crippen molar-refractivity contribution in [2.24, 2.45) is 5.41 Å². The van der Waals surface area contributed by atoms with Gasteiger partial charge in [0.25, 0.3) is 0 Å². The van der Waals surface area contributed by atoms with Crippen LogP contribution in [0.1, 0.15) is 32.6 Å². The fraction of sp³-hybridized carbons (Fsp3) is 0.857. The van der Waals surface area contributed by atoms with Crippen LogP contribution in [-0.4, -0.2) is 66.2 Å². The van der Waals surface area contributed by atoms with Gasteiger partial charge in [0, 0.05) is 13.1 Å². The van der Waals surface area contributed by atoms with Crippen molar-refractivity contribution in [1.29, 1.82) is 0 Å². The van der Waals surface area contributed by atoms with Gasteiger partial charge in [0.2, 0.25) is 0 Å². The Hall–Kier alpha value is -1.30. The Kier molecular flexibility index (Phi) is 4.52. The number of nitrogens with zero attached hydrogens (tertiary/aromatic N) is 2. The first kappa shape index (κ1) is 15.1. The number of carbonyl (C=O) groups excluding carboxylic acids is 1. The Morgan fingerprint density at radius 3 is 2.55 bits per heavy atom. The lowest BCUT2D eigenvalue weighted by Crippen LogP contribution is -2.50. The summed E-state index contributed by atoms with van der Waals surface area (Å²) in [7, 11) is 2.11. The number of aliphatic carboxylic acids is 1. The van der Waals surface area contributed by atoms with E-state index in [1.165, 1.54) is 4.90 Å². The Labute approximate surface area is 120 Å². The van der Waals surface area contributed by atoms with E-state index < -0.39 is 12.0 Å². The Morgan fingerprint density at radius 1 is 1.30 bits per heavy atom. The minimum atomic E-state index is -0.900. The molecule has 6 heteroatoms. The Bertz CT molecular complexity index is 378. The second-order valence-corrected chi connectivity index (χ2v) is 6.46. The predicted octanol–water partition coefficient (Wildman–Crippen LogP) is 0.977. The fourth-order valence-corrected chi connectivity index (χ4v) is 2.99. The van der Waals surface area contributed by atoms with Gasteiger partial charge in [-0.05, 0) is 51.2 Å². The number of carbonyl (C=O) groups is 2. The highest BCUT2D eigenvalue weighted by Crippen LogP contribution is 2.29. The first-order chi connectivity index (χ1) is 9.41. The predicted molar refractivity (Wildman–Crippen MR) is 75.6 cm³/mol. The Balaban J connectivity index is 1.84. The van der Waals surface area contributed by atoms with Crippen LogP contribution in [0.15, 0.2) is 0 Å². The van der Waals surface area contributed by atoms with Crippen LogP contribution in [0.25, 0.3) is 0 Å². The first-order valence-corrected chi connectivity index (χ1v) is 7.37. The molecule has 0 aromatic carbocycles. The van der Waals surface area contributed by atoms with Gasteiger partial charge in [0.15, 0.2) is 0 Å². The lowest BCUT2D eigenvalue weighted by molar-refractivity contribution is -0.141. The third-order valence-corrected chi connectivity index (χ3v) is 4.66. The zero-order chi connectivity index (χ0) is 14.8. The van der Waals surface area contributed by atoms with Crippen LogP contribution in [0.4, 0.5) is 4.79 Å². The summed E-state index contributed by atoms with van der Waals surface area (Å²) >= 11 is 0. The minimum absolute atomic E-state index is 0.126. The molecule has 0 radical (unpaired) electrons. The lowest BCUT2D eigenvalue weighted by atomic mass is 9.80. The van der Waals surface area contributed by atoms with E-state index >= 15 is 0 Å². The SMILES string of the molecule is CN1CCC(C)(CNC(=O)N2CCC[C@H]2C(=O)O)CC1. The van der Waals surface area contributed by atoms with E-state index in [9.17, 15) is 9.59 Å². The van der Waals surface area contributed by atoms with E-state index in [-0.39, 0.29) is 11.4 Å². The molecule has 2 fully saturated rings. The number of amides is 2. The zero-order valence-electron chi connectivity index (χ0n) is 12.4. The molecule has 114 valence electrons. The fourth-order valence-electron chi connectivity index (χ4n) is 2.99. The van der Waals surface area contributed by atoms with Crippen LogP contribution in [0.3, 0.4) is 0 Å². The maximum absolute atomic E-state index is 12.2. The first-order valence-electron chi connectivity index (χ1n) is 7.37. The molecule has 2 N–H and O–H groups in total. The molecular formula is C14H25N3O3. The van der Waals surface area contributed by atoms with E-state index in [1.807, 2.05) is 0 Å². The van der Waals surface area contributed by atoms with Crippen LogP contribution in [0.5, 0.6) is 0 Å². The number of nitrogens with one attached hydrogen (secondary N) is 1. The molecule has 6 nitrogen and oxygen atoms in total. The van der Waals surface area contributed by atoms with Gasteiger partial charge in [0.1, 0.15) is 6.04 Å². The van der Waals surface area contributed by atoms with Crippen LogP contribution in [0, 0.1) is 5.41 Å². The highest BCUT2D eigenvalue weighted by atomic mass is 16.4. The van der Waals surface area contributed by atoms with Crippen LogP contribution in [0.2, 0.25) is 0 Å². The summed E-state index contributed by atoms with van der Waals surface area (Å²) < 4.78 is 0. The van der Waals surface area contributed by atoms with Crippen molar-refractivity contribution >= 4 is 12.0 Å². The van der Waals surface area contributed by atoms with E-state index in [2.05, 4.69) is 24.2 Å². The molecule has 0 saturated carbocycles. The quantitative estimate of drug-likeness (QED) is 0.810. The average molecular weight is 283 g/mol. The van der Waals surface area contributed by atoms with Gasteiger partial charge >= 0.3 is 12.0 Å². The molecular weight excluding hydrogens is 258 g/mol. The number of hydrogen-bond donors (Lipinski definition) is 2. The number of urea groups is 1. The molecule has 2 saturated heterocycles. The largest absolute Gasteiger partial charge is 0.480 e. The minimum Gasteiger partial charge on any atom is -0.480 e. The van der Waals surface area contributed by atoms with Crippen LogP contribution in [-0.2, 0) is 4.79 Å². The zero-order valence-corrected chi connectivity index (χ0v) is 12.4. The Morgan fingerprint density at radius 2 is 1.95 bits per heavy atom. The number of rotatable bonds is 3. The van der Waals surface area contributed by atoms with Crippen molar-refractivity contribution in [2.75, 3.05) is 33.2 Å². The van der Waals surface area contributed by atoms with Crippen molar-refractivity contribution in [3.63, 3.8) is 0 Å². The van der Waals surface area contributed by atoms with Gasteiger partial charge in [0.05, 0.1) is 0 Å². The van der Waals surface area contributed by atoms with Gasteiger partial charge in [-0.15, -0.1) is 0 Å². The second kappa shape index (κ2) is 5.99. The van der Waals surface area contributed by atoms with Crippen molar-refractivity contribution in [3.8, 4) is 0 Å². The normalized spacial score (nSPS) is 26.5. The summed E-state index contributed by atoms with van der Waals surface area (Å²) in [4.78, 5) is 27.0. The molecule has 2 aliphatic heterocycles. The smallest absolute Gasteiger partial charge is 0.326 e. The summed E-state index contributed by atoms with van der Waals surface area (Å²) in [5, 5.41) is 12.0. The molecule has 2 aliphatic rings. The van der Waals surface area contributed by atoms with Crippen LogP contribution >= 0.6 is 0 Å². The monoisotopic (exact) mass is 283 g/mol. The number of likely N-dealkylation sites (tertiary alicyclic amines) is 2.